The highest BCUT2D eigenvalue weighted by Gasteiger charge is 2.16. The van der Waals surface area contributed by atoms with E-state index >= 15 is 0 Å². The molecule has 0 saturated carbocycles. The third-order valence-corrected chi connectivity index (χ3v) is 3.58. The molecule has 0 unspecified atom stereocenters. The van der Waals surface area contributed by atoms with E-state index in [0.717, 1.165) is 4.42 Å². The minimum absolute atomic E-state index is 0.147. The molecule has 0 atom stereocenters. The van der Waals surface area contributed by atoms with Crippen LogP contribution in [0.3, 0.4) is 0 Å². The monoisotopic (exact) mass is 313 g/mol. The van der Waals surface area contributed by atoms with Crippen molar-refractivity contribution in [3.05, 3.63) is 69.7 Å². The summed E-state index contributed by atoms with van der Waals surface area (Å²) < 4.78 is 1.07. The molecule has 0 aliphatic heterocycles. The second kappa shape index (κ2) is 6.29. The Morgan fingerprint density at radius 2 is 1.53 bits per heavy atom. The van der Waals surface area contributed by atoms with Crippen LogP contribution < -0.4 is 0 Å². The Hall–Kier alpha value is -1.22. The number of benzene rings is 2. The maximum absolute atomic E-state index is 12.1. The first-order chi connectivity index (χ1) is 9.09. The van der Waals surface area contributed by atoms with E-state index in [1.807, 2.05) is 6.07 Å². The number of rotatable bonds is 3. The molecule has 19 heavy (non-hydrogen) atoms. The van der Waals surface area contributed by atoms with Gasteiger partial charge in [0.15, 0.2) is 0 Å². The zero-order valence-corrected chi connectivity index (χ0v) is 12.1. The van der Waals surface area contributed by atoms with E-state index < -0.39 is 0 Å². The zero-order chi connectivity index (χ0) is 13.8. The van der Waals surface area contributed by atoms with Gasteiger partial charge in [-0.3, -0.25) is 4.79 Å². The van der Waals surface area contributed by atoms with Gasteiger partial charge in [-0.1, -0.05) is 47.5 Å². The number of nitrogens with zero attached hydrogens (tertiary/aromatic N) is 1. The van der Waals surface area contributed by atoms with Gasteiger partial charge in [-0.25, -0.2) is 4.42 Å². The topological polar surface area (TPSA) is 20.3 Å². The second-order valence-corrected chi connectivity index (χ2v) is 5.11. The molecule has 5 heteroatoms. The molecule has 0 fully saturated rings. The summed E-state index contributed by atoms with van der Waals surface area (Å²) in [7, 11) is 0. The summed E-state index contributed by atoms with van der Waals surface area (Å²) >= 11 is 18.1. The van der Waals surface area contributed by atoms with Gasteiger partial charge in [-0.05, 0) is 24.3 Å². The largest absolute Gasteiger partial charge is 0.268 e. The van der Waals surface area contributed by atoms with Gasteiger partial charge < -0.3 is 0 Å². The highest BCUT2D eigenvalue weighted by molar-refractivity contribution is 6.36. The summed E-state index contributed by atoms with van der Waals surface area (Å²) in [6.45, 7) is 0.147. The Morgan fingerprint density at radius 3 is 2.11 bits per heavy atom. The van der Waals surface area contributed by atoms with Crippen molar-refractivity contribution in [2.24, 2.45) is 0 Å². The molecule has 0 aliphatic carbocycles. The molecule has 0 N–H and O–H groups in total. The molecule has 0 saturated heterocycles. The third kappa shape index (κ3) is 3.41. The summed E-state index contributed by atoms with van der Waals surface area (Å²) in [6.07, 6.45) is 0. The van der Waals surface area contributed by atoms with Crippen LogP contribution in [0.15, 0.2) is 48.5 Å². The van der Waals surface area contributed by atoms with Crippen molar-refractivity contribution in [1.82, 2.24) is 4.42 Å². The molecule has 0 aromatic heterocycles. The van der Waals surface area contributed by atoms with Crippen molar-refractivity contribution in [3.63, 3.8) is 0 Å². The first-order valence-corrected chi connectivity index (χ1v) is 6.64. The Balaban J connectivity index is 2.18. The molecule has 2 rings (SSSR count). The number of halogens is 3. The van der Waals surface area contributed by atoms with Gasteiger partial charge in [-0.2, -0.15) is 0 Å². The van der Waals surface area contributed by atoms with Gasteiger partial charge in [0.05, 0.1) is 6.54 Å². The van der Waals surface area contributed by atoms with Crippen LogP contribution in [-0.4, -0.2) is 10.3 Å². The lowest BCUT2D eigenvalue weighted by atomic mass is 10.2. The maximum Gasteiger partial charge on any atom is 0.268 e. The normalized spacial score (nSPS) is 10.3. The second-order valence-electron chi connectivity index (χ2n) is 3.89. The zero-order valence-electron chi connectivity index (χ0n) is 9.82. The molecular weight excluding hydrogens is 305 g/mol. The Morgan fingerprint density at radius 1 is 0.947 bits per heavy atom. The molecule has 98 valence electrons. The predicted molar refractivity (Wildman–Crippen MR) is 78.6 cm³/mol. The van der Waals surface area contributed by atoms with Crippen LogP contribution in [0.1, 0.15) is 15.9 Å². The Kier molecular flexibility index (Phi) is 4.70. The number of hydrogen-bond donors (Lipinski definition) is 0. The van der Waals surface area contributed by atoms with Crippen LogP contribution in [0.4, 0.5) is 0 Å². The van der Waals surface area contributed by atoms with Crippen molar-refractivity contribution < 1.29 is 4.79 Å². The van der Waals surface area contributed by atoms with E-state index in [1.54, 1.807) is 42.5 Å². The smallest absolute Gasteiger partial charge is 0.268 e. The first kappa shape index (κ1) is 14.2. The summed E-state index contributed by atoms with van der Waals surface area (Å²) in [5.41, 5.74) is 1.14. The standard InChI is InChI=1S/C14H10Cl3NO/c15-12-7-4-8-13(16)11(12)9-18(17)14(19)10-5-2-1-3-6-10/h1-8H,9H2. The van der Waals surface area contributed by atoms with Crippen LogP contribution in [0.25, 0.3) is 0 Å². The van der Waals surface area contributed by atoms with E-state index in [2.05, 4.69) is 0 Å². The predicted octanol–water partition coefficient (Wildman–Crippen LogP) is 4.79. The summed E-state index contributed by atoms with van der Waals surface area (Å²) in [6, 6.07) is 14.0. The third-order valence-electron chi connectivity index (χ3n) is 2.60. The summed E-state index contributed by atoms with van der Waals surface area (Å²) in [5, 5.41) is 0.970. The molecule has 0 radical (unpaired) electrons. The molecule has 2 aromatic carbocycles. The summed E-state index contributed by atoms with van der Waals surface area (Å²) in [4.78, 5) is 12.1. The lowest BCUT2D eigenvalue weighted by Crippen LogP contribution is -2.21. The number of hydrogen-bond acceptors (Lipinski definition) is 1. The van der Waals surface area contributed by atoms with Crippen molar-refractivity contribution >= 4 is 40.9 Å². The number of amides is 1. The molecule has 0 heterocycles. The van der Waals surface area contributed by atoms with Crippen molar-refractivity contribution in [3.8, 4) is 0 Å². The molecule has 0 aliphatic rings. The highest BCUT2D eigenvalue weighted by Crippen LogP contribution is 2.26. The van der Waals surface area contributed by atoms with Crippen LogP contribution in [-0.2, 0) is 6.54 Å². The quantitative estimate of drug-likeness (QED) is 0.746. The Bertz CT molecular complexity index is 566. The van der Waals surface area contributed by atoms with E-state index in [4.69, 9.17) is 35.0 Å². The van der Waals surface area contributed by atoms with Gasteiger partial charge in [0.25, 0.3) is 5.91 Å². The van der Waals surface area contributed by atoms with Gasteiger partial charge in [0.2, 0.25) is 0 Å². The molecule has 0 bridgehead atoms. The van der Waals surface area contributed by atoms with Crippen LogP contribution in [0, 0.1) is 0 Å². The lowest BCUT2D eigenvalue weighted by Gasteiger charge is -2.15. The lowest BCUT2D eigenvalue weighted by molar-refractivity contribution is 0.0857. The summed E-state index contributed by atoms with van der Waals surface area (Å²) in [5.74, 6) is -0.293. The average Bonchev–Trinajstić information content (AvgIpc) is 2.43. The molecular formula is C14H10Cl3NO. The fraction of sp³-hybridized carbons (Fsp3) is 0.0714. The van der Waals surface area contributed by atoms with Crippen molar-refractivity contribution in [1.29, 1.82) is 0 Å². The maximum atomic E-state index is 12.1. The molecule has 2 aromatic rings. The van der Waals surface area contributed by atoms with E-state index in [1.165, 1.54) is 0 Å². The van der Waals surface area contributed by atoms with Gasteiger partial charge >= 0.3 is 0 Å². The number of carbonyl (C=O) groups excluding carboxylic acids is 1. The minimum Gasteiger partial charge on any atom is -0.268 e. The minimum atomic E-state index is -0.293. The molecule has 0 spiro atoms. The van der Waals surface area contributed by atoms with Crippen LogP contribution in [0.2, 0.25) is 10.0 Å². The van der Waals surface area contributed by atoms with E-state index in [-0.39, 0.29) is 12.5 Å². The fourth-order valence-electron chi connectivity index (χ4n) is 1.61. The van der Waals surface area contributed by atoms with E-state index in [0.29, 0.717) is 21.2 Å². The molecule has 2 nitrogen and oxygen atoms in total. The highest BCUT2D eigenvalue weighted by atomic mass is 35.5. The van der Waals surface area contributed by atoms with Crippen molar-refractivity contribution in [2.75, 3.05) is 0 Å². The number of carbonyl (C=O) groups is 1. The average molecular weight is 315 g/mol. The van der Waals surface area contributed by atoms with Crippen LogP contribution in [0.5, 0.6) is 0 Å². The first-order valence-electron chi connectivity index (χ1n) is 5.55. The van der Waals surface area contributed by atoms with Crippen molar-refractivity contribution in [2.45, 2.75) is 6.54 Å². The fourth-order valence-corrected chi connectivity index (χ4v) is 2.35. The SMILES string of the molecule is O=C(c1ccccc1)N(Cl)Cc1c(Cl)cccc1Cl. The van der Waals surface area contributed by atoms with Gasteiger partial charge in [-0.15, -0.1) is 0 Å². The van der Waals surface area contributed by atoms with Gasteiger partial charge in [0, 0.05) is 32.9 Å². The molecule has 1 amide bonds. The van der Waals surface area contributed by atoms with Gasteiger partial charge in [0.1, 0.15) is 0 Å². The Labute approximate surface area is 126 Å². The van der Waals surface area contributed by atoms with E-state index in [9.17, 15) is 4.79 Å². The van der Waals surface area contributed by atoms with Crippen LogP contribution >= 0.6 is 35.0 Å².